The van der Waals surface area contributed by atoms with Crippen LogP contribution in [0, 0.1) is 0 Å². The molecule has 2 aromatic rings. The van der Waals surface area contributed by atoms with Crippen molar-refractivity contribution in [1.82, 2.24) is 10.2 Å². The van der Waals surface area contributed by atoms with E-state index in [-0.39, 0.29) is 0 Å². The summed E-state index contributed by atoms with van der Waals surface area (Å²) in [5.41, 5.74) is 1.70. The summed E-state index contributed by atoms with van der Waals surface area (Å²) in [5, 5.41) is 14.3. The minimum absolute atomic E-state index is 0.757. The molecule has 2 rings (SSSR count). The van der Waals surface area contributed by atoms with E-state index in [1.807, 2.05) is 11.4 Å². The average Bonchev–Trinajstić information content (AvgIpc) is 2.71. The Bertz CT molecular complexity index is 371. The molecule has 6 heteroatoms. The van der Waals surface area contributed by atoms with Crippen molar-refractivity contribution in [2.75, 3.05) is 5.32 Å². The maximum atomic E-state index is 5.78. The Morgan fingerprint density at radius 3 is 3.00 bits per heavy atom. The zero-order chi connectivity index (χ0) is 9.10. The molecule has 0 saturated carbocycles. The van der Waals surface area contributed by atoms with Gasteiger partial charge in [0.15, 0.2) is 0 Å². The maximum absolute atomic E-state index is 5.78. The van der Waals surface area contributed by atoms with Crippen LogP contribution in [0.25, 0.3) is 0 Å². The third-order valence-electron chi connectivity index (χ3n) is 1.40. The Morgan fingerprint density at radius 2 is 2.38 bits per heavy atom. The lowest BCUT2D eigenvalue weighted by Gasteiger charge is -1.96. The van der Waals surface area contributed by atoms with Crippen LogP contribution < -0.4 is 5.32 Å². The summed E-state index contributed by atoms with van der Waals surface area (Å²) in [5.74, 6) is 0. The van der Waals surface area contributed by atoms with E-state index in [4.69, 9.17) is 11.6 Å². The van der Waals surface area contributed by atoms with Gasteiger partial charge in [0, 0.05) is 10.3 Å². The Labute approximate surface area is 88.4 Å². The summed E-state index contributed by atoms with van der Waals surface area (Å²) in [4.78, 5) is 1.19. The molecule has 0 unspecified atom stereocenters. The van der Waals surface area contributed by atoms with Crippen molar-refractivity contribution in [3.8, 4) is 0 Å². The van der Waals surface area contributed by atoms with E-state index in [2.05, 4.69) is 15.5 Å². The van der Waals surface area contributed by atoms with E-state index in [0.717, 1.165) is 16.7 Å². The lowest BCUT2D eigenvalue weighted by Crippen LogP contribution is -1.96. The van der Waals surface area contributed by atoms with Gasteiger partial charge in [0.2, 0.25) is 5.13 Å². The van der Waals surface area contributed by atoms with Crippen molar-refractivity contribution >= 4 is 39.4 Å². The van der Waals surface area contributed by atoms with Gasteiger partial charge in [-0.05, 0) is 6.07 Å². The summed E-state index contributed by atoms with van der Waals surface area (Å²) in [6.07, 6.45) is 0. The van der Waals surface area contributed by atoms with Crippen LogP contribution >= 0.6 is 34.3 Å². The van der Waals surface area contributed by atoms with Gasteiger partial charge in [-0.2, -0.15) is 0 Å². The number of halogens is 1. The molecule has 0 spiro atoms. The molecule has 0 radical (unpaired) electrons. The van der Waals surface area contributed by atoms with E-state index in [0.29, 0.717) is 0 Å². The van der Waals surface area contributed by atoms with Gasteiger partial charge in [0.25, 0.3) is 0 Å². The summed E-state index contributed by atoms with van der Waals surface area (Å²) in [7, 11) is 0. The van der Waals surface area contributed by atoms with Crippen LogP contribution in [0.4, 0.5) is 5.13 Å². The molecule has 0 atom stereocenters. The van der Waals surface area contributed by atoms with E-state index in [1.54, 1.807) is 16.8 Å². The van der Waals surface area contributed by atoms with E-state index in [9.17, 15) is 0 Å². The molecule has 2 heterocycles. The molecular formula is C7H6ClN3S2. The minimum atomic E-state index is 0.757. The first-order chi connectivity index (χ1) is 6.34. The first-order valence-corrected chi connectivity index (χ1v) is 5.71. The number of aromatic nitrogens is 2. The molecule has 0 aliphatic rings. The normalized spacial score (nSPS) is 10.2. The number of hydrogen-bond donors (Lipinski definition) is 1. The van der Waals surface area contributed by atoms with Gasteiger partial charge < -0.3 is 5.32 Å². The predicted octanol–water partition coefficient (Wildman–Crippen LogP) is 2.87. The zero-order valence-corrected chi connectivity index (χ0v) is 8.92. The van der Waals surface area contributed by atoms with Crippen molar-refractivity contribution in [3.05, 3.63) is 26.9 Å². The molecule has 0 amide bonds. The van der Waals surface area contributed by atoms with Gasteiger partial charge in [0.05, 0.1) is 11.6 Å². The minimum Gasteiger partial charge on any atom is -0.355 e. The summed E-state index contributed by atoms with van der Waals surface area (Å²) in [6, 6.07) is 1.94. The van der Waals surface area contributed by atoms with Crippen LogP contribution in [0.5, 0.6) is 0 Å². The number of anilines is 1. The first-order valence-electron chi connectivity index (χ1n) is 3.57. The lowest BCUT2D eigenvalue weighted by atomic mass is 10.5. The van der Waals surface area contributed by atoms with E-state index >= 15 is 0 Å². The Kier molecular flexibility index (Phi) is 2.77. The quantitative estimate of drug-likeness (QED) is 0.883. The fourth-order valence-corrected chi connectivity index (χ4v) is 2.32. The highest BCUT2D eigenvalue weighted by atomic mass is 35.5. The Balaban J connectivity index is 1.93. The highest BCUT2D eigenvalue weighted by molar-refractivity contribution is 7.13. The van der Waals surface area contributed by atoms with Crippen molar-refractivity contribution in [2.24, 2.45) is 0 Å². The second-order valence-corrected chi connectivity index (χ2v) is 4.59. The fourth-order valence-electron chi connectivity index (χ4n) is 0.859. The third-order valence-corrected chi connectivity index (χ3v) is 3.33. The molecule has 0 aliphatic heterocycles. The van der Waals surface area contributed by atoms with Crippen molar-refractivity contribution < 1.29 is 0 Å². The number of nitrogens with one attached hydrogen (secondary N) is 1. The van der Waals surface area contributed by atoms with Gasteiger partial charge in [0.1, 0.15) is 5.51 Å². The molecule has 2 aromatic heterocycles. The molecule has 3 nitrogen and oxygen atoms in total. The SMILES string of the molecule is Clc1csc(CNc2nncs2)c1. The van der Waals surface area contributed by atoms with Crippen LogP contribution in [0.1, 0.15) is 4.88 Å². The monoisotopic (exact) mass is 231 g/mol. The lowest BCUT2D eigenvalue weighted by molar-refractivity contribution is 1.06. The Hall–Kier alpha value is -0.650. The van der Waals surface area contributed by atoms with Crippen LogP contribution in [-0.2, 0) is 6.54 Å². The molecule has 0 fully saturated rings. The van der Waals surface area contributed by atoms with Crippen LogP contribution in [0.2, 0.25) is 5.02 Å². The highest BCUT2D eigenvalue weighted by Gasteiger charge is 1.99. The number of nitrogens with zero attached hydrogens (tertiary/aromatic N) is 2. The van der Waals surface area contributed by atoms with Crippen molar-refractivity contribution in [2.45, 2.75) is 6.54 Å². The standard InChI is InChI=1S/C7H6ClN3S2/c8-5-1-6(12-3-5)2-9-7-11-10-4-13-7/h1,3-4H,2H2,(H,9,11). The highest BCUT2D eigenvalue weighted by Crippen LogP contribution is 2.20. The summed E-state index contributed by atoms with van der Waals surface area (Å²) in [6.45, 7) is 0.757. The van der Waals surface area contributed by atoms with Crippen LogP contribution in [-0.4, -0.2) is 10.2 Å². The summed E-state index contributed by atoms with van der Waals surface area (Å²) < 4.78 is 0. The average molecular weight is 232 g/mol. The molecule has 68 valence electrons. The smallest absolute Gasteiger partial charge is 0.205 e. The van der Waals surface area contributed by atoms with Gasteiger partial charge in [-0.1, -0.05) is 22.9 Å². The second-order valence-electron chi connectivity index (χ2n) is 2.33. The molecule has 0 aromatic carbocycles. The maximum Gasteiger partial charge on any atom is 0.205 e. The van der Waals surface area contributed by atoms with Gasteiger partial charge in [-0.25, -0.2) is 0 Å². The van der Waals surface area contributed by atoms with Gasteiger partial charge in [-0.3, -0.25) is 0 Å². The third kappa shape index (κ3) is 2.40. The number of hydrogen-bond acceptors (Lipinski definition) is 5. The number of thiophene rings is 1. The van der Waals surface area contributed by atoms with E-state index in [1.165, 1.54) is 16.2 Å². The molecule has 13 heavy (non-hydrogen) atoms. The number of rotatable bonds is 3. The van der Waals surface area contributed by atoms with Crippen molar-refractivity contribution in [1.29, 1.82) is 0 Å². The van der Waals surface area contributed by atoms with Crippen molar-refractivity contribution in [3.63, 3.8) is 0 Å². The zero-order valence-electron chi connectivity index (χ0n) is 6.53. The molecule has 0 bridgehead atoms. The summed E-state index contributed by atoms with van der Waals surface area (Å²) >= 11 is 8.90. The van der Waals surface area contributed by atoms with E-state index < -0.39 is 0 Å². The van der Waals surface area contributed by atoms with Gasteiger partial charge in [-0.15, -0.1) is 21.5 Å². The fraction of sp³-hybridized carbons (Fsp3) is 0.143. The topological polar surface area (TPSA) is 37.8 Å². The molecule has 0 aliphatic carbocycles. The first kappa shape index (κ1) is 8.93. The second kappa shape index (κ2) is 4.04. The predicted molar refractivity (Wildman–Crippen MR) is 56.6 cm³/mol. The van der Waals surface area contributed by atoms with Crippen LogP contribution in [0.15, 0.2) is 17.0 Å². The van der Waals surface area contributed by atoms with Gasteiger partial charge >= 0.3 is 0 Å². The molecule has 0 saturated heterocycles. The van der Waals surface area contributed by atoms with Crippen LogP contribution in [0.3, 0.4) is 0 Å². The molecular weight excluding hydrogens is 226 g/mol. The largest absolute Gasteiger partial charge is 0.355 e. The Morgan fingerprint density at radius 1 is 1.46 bits per heavy atom. The molecule has 1 N–H and O–H groups in total.